The molecule has 0 bridgehead atoms. The third-order valence-electron chi connectivity index (χ3n) is 13.2. The van der Waals surface area contributed by atoms with Crippen molar-refractivity contribution in [3.63, 3.8) is 0 Å². The molecule has 3 atom stereocenters. The number of Topliss-reactive ketones (excluding diaryl/α,β-unsaturated/α-hetero) is 3. The summed E-state index contributed by atoms with van der Waals surface area (Å²) in [5.74, 6) is -0.834. The quantitative estimate of drug-likeness (QED) is 0.0504. The summed E-state index contributed by atoms with van der Waals surface area (Å²) in [4.78, 5) is 103. The van der Waals surface area contributed by atoms with Crippen LogP contribution in [0.25, 0.3) is 10.9 Å². The number of carbonyl (C=O) groups is 7. The van der Waals surface area contributed by atoms with Crippen LogP contribution in [0.1, 0.15) is 104 Å². The van der Waals surface area contributed by atoms with Crippen LogP contribution in [0.15, 0.2) is 90.5 Å². The summed E-state index contributed by atoms with van der Waals surface area (Å²) in [6, 6.07) is 12.6. The van der Waals surface area contributed by atoms with E-state index >= 15 is 0 Å². The maximum absolute atomic E-state index is 13.9. The number of rotatable bonds is 19. The topological polar surface area (TPSA) is 227 Å². The highest BCUT2D eigenvalue weighted by Gasteiger charge is 2.34. The fourth-order valence-electron chi connectivity index (χ4n) is 9.16. The smallest absolute Gasteiger partial charge is 0.278 e. The molecule has 374 valence electrons. The Morgan fingerprint density at radius 3 is 2.31 bits per heavy atom. The number of imidazole rings is 1. The number of aromatic nitrogens is 5. The number of fused-ring (bicyclic) bond motifs is 3. The average Bonchev–Trinajstić information content (AvgIpc) is 4.16. The standard InChI is InChI=1S/C54H60N10O8/c1-30(2)50(55)52(69)57-33(5)44(65)21-34-11-12-41-37(18-34)13-14-63(41)54(71)43-20-36(28-61(43)7)22-45(66)42-19-35(27-60(42)6)23-46(67)51-59-48(29-62(51)8)58-49(68)10-9-15-72-47-24-40-39(17-32(47)4)53(70)64-26-31(3)16-38(64)25-56-40/h11-14,17-20,24-25,27-30,33,38,50H,3,9-10,15-16,21-23,26,55H2,1-2,4-8H3,(H,57,69)(H,58,68)/t33-,38-,50-/m0/s1. The number of ether oxygens (including phenoxy) is 1. The maximum Gasteiger partial charge on any atom is 0.278 e. The first-order valence-corrected chi connectivity index (χ1v) is 24.0. The van der Waals surface area contributed by atoms with Crippen molar-refractivity contribution in [2.45, 2.75) is 84.3 Å². The van der Waals surface area contributed by atoms with Crippen molar-refractivity contribution in [1.29, 1.82) is 0 Å². The van der Waals surface area contributed by atoms with Gasteiger partial charge in [-0.25, -0.2) is 4.98 Å². The number of carbonyl (C=O) groups excluding carboxylic acids is 7. The van der Waals surface area contributed by atoms with Gasteiger partial charge in [-0.15, -0.1) is 0 Å². The van der Waals surface area contributed by atoms with Gasteiger partial charge >= 0.3 is 0 Å². The largest absolute Gasteiger partial charge is 0.493 e. The molecule has 0 radical (unpaired) electrons. The summed E-state index contributed by atoms with van der Waals surface area (Å²) in [5, 5.41) is 6.23. The molecule has 6 aromatic rings. The minimum atomic E-state index is -0.715. The Morgan fingerprint density at radius 2 is 1.57 bits per heavy atom. The number of nitrogens with two attached hydrogens (primary N) is 1. The van der Waals surface area contributed by atoms with Gasteiger partial charge in [0.05, 0.1) is 47.2 Å². The minimum Gasteiger partial charge on any atom is -0.493 e. The molecule has 0 aliphatic carbocycles. The molecule has 8 rings (SSSR count). The SMILES string of the molecule is C=C1C[C@H]2C=Nc3cc(OCCCC(=O)Nc4cn(C)c(C(=O)Cc5cc(C(=O)Cc6cc(C(=O)n7ccc8cc(CC(=O)[C@H](C)NC(=O)[C@@H](N)C(C)C)ccc87)n(C)c6)n(C)c5)n4)c(C)cc3C(=O)N2C1. The fraction of sp³-hybridized carbons (Fsp3) is 0.352. The molecule has 4 N–H and O–H groups in total. The number of nitrogens with one attached hydrogen (secondary N) is 2. The zero-order chi connectivity index (χ0) is 51.7. The van der Waals surface area contributed by atoms with Crippen LogP contribution >= 0.6 is 0 Å². The van der Waals surface area contributed by atoms with Gasteiger partial charge in [0.25, 0.3) is 11.8 Å². The summed E-state index contributed by atoms with van der Waals surface area (Å²) in [7, 11) is 5.14. The second kappa shape index (κ2) is 20.8. The lowest BCUT2D eigenvalue weighted by Gasteiger charge is -2.20. The molecule has 2 aliphatic heterocycles. The van der Waals surface area contributed by atoms with Crippen molar-refractivity contribution >= 4 is 69.6 Å². The van der Waals surface area contributed by atoms with Crippen LogP contribution in [0.4, 0.5) is 11.5 Å². The van der Waals surface area contributed by atoms with E-state index in [1.54, 1.807) is 120 Å². The molecule has 2 aliphatic rings. The second-order valence-corrected chi connectivity index (χ2v) is 19.3. The molecule has 18 heteroatoms. The fourth-order valence-corrected chi connectivity index (χ4v) is 9.16. The Bertz CT molecular complexity index is 3220. The molecular formula is C54H60N10O8. The van der Waals surface area contributed by atoms with Crippen molar-refractivity contribution in [2.75, 3.05) is 18.5 Å². The van der Waals surface area contributed by atoms with Gasteiger partial charge in [0.1, 0.15) is 11.4 Å². The van der Waals surface area contributed by atoms with Crippen LogP contribution in [0.2, 0.25) is 0 Å². The van der Waals surface area contributed by atoms with Crippen LogP contribution in [0.3, 0.4) is 0 Å². The highest BCUT2D eigenvalue weighted by Crippen LogP contribution is 2.35. The predicted octanol–water partition coefficient (Wildman–Crippen LogP) is 5.78. The third-order valence-corrected chi connectivity index (χ3v) is 13.2. The Morgan fingerprint density at radius 1 is 0.861 bits per heavy atom. The minimum absolute atomic E-state index is 0.00844. The van der Waals surface area contributed by atoms with E-state index < -0.39 is 12.1 Å². The van der Waals surface area contributed by atoms with Gasteiger partial charge in [0.15, 0.2) is 23.2 Å². The highest BCUT2D eigenvalue weighted by atomic mass is 16.5. The zero-order valence-electron chi connectivity index (χ0n) is 41.7. The lowest BCUT2D eigenvalue weighted by atomic mass is 10.0. The van der Waals surface area contributed by atoms with Gasteiger partial charge in [-0.05, 0) is 91.3 Å². The molecule has 3 amide bonds. The van der Waals surface area contributed by atoms with Gasteiger partial charge in [0.2, 0.25) is 17.6 Å². The Labute approximate surface area is 416 Å². The molecular weight excluding hydrogens is 917 g/mol. The van der Waals surface area contributed by atoms with E-state index in [-0.39, 0.29) is 96.9 Å². The lowest BCUT2D eigenvalue weighted by molar-refractivity contribution is -0.128. The molecule has 2 aromatic carbocycles. The first-order chi connectivity index (χ1) is 34.2. The number of nitrogens with zero attached hydrogens (tertiary/aromatic N) is 7. The van der Waals surface area contributed by atoms with E-state index in [9.17, 15) is 33.6 Å². The molecule has 1 saturated heterocycles. The van der Waals surface area contributed by atoms with Gasteiger partial charge in [-0.2, -0.15) is 0 Å². The van der Waals surface area contributed by atoms with Crippen molar-refractivity contribution in [3.05, 3.63) is 130 Å². The number of anilines is 1. The average molecular weight is 977 g/mol. The Hall–Kier alpha value is -7.99. The first kappa shape index (κ1) is 50.4. The summed E-state index contributed by atoms with van der Waals surface area (Å²) < 4.78 is 12.4. The van der Waals surface area contributed by atoms with Crippen molar-refractivity contribution < 1.29 is 38.3 Å². The molecule has 6 heterocycles. The third kappa shape index (κ3) is 10.8. The molecule has 0 unspecified atom stereocenters. The highest BCUT2D eigenvalue weighted by molar-refractivity contribution is 6.04. The van der Waals surface area contributed by atoms with Gasteiger partial charge in [-0.1, -0.05) is 32.1 Å². The van der Waals surface area contributed by atoms with Gasteiger partial charge in [0, 0.05) is 95.8 Å². The number of aryl methyl sites for hydroxylation is 4. The number of aliphatic imine (C=N–C) groups is 1. The van der Waals surface area contributed by atoms with E-state index in [1.165, 1.54) is 4.57 Å². The predicted molar refractivity (Wildman–Crippen MR) is 272 cm³/mol. The molecule has 72 heavy (non-hydrogen) atoms. The van der Waals surface area contributed by atoms with E-state index in [2.05, 4.69) is 27.2 Å². The normalized spacial score (nSPS) is 15.1. The Kier molecular flexibility index (Phi) is 14.5. The van der Waals surface area contributed by atoms with E-state index in [1.807, 2.05) is 26.8 Å². The number of benzene rings is 2. The van der Waals surface area contributed by atoms with Crippen LogP contribution in [0, 0.1) is 12.8 Å². The summed E-state index contributed by atoms with van der Waals surface area (Å²) >= 11 is 0. The Balaban J connectivity index is 0.818. The van der Waals surface area contributed by atoms with Crippen molar-refractivity contribution in [3.8, 4) is 5.75 Å². The van der Waals surface area contributed by atoms with Crippen LogP contribution in [0.5, 0.6) is 5.75 Å². The van der Waals surface area contributed by atoms with E-state index in [0.29, 0.717) is 64.4 Å². The summed E-state index contributed by atoms with van der Waals surface area (Å²) in [6.07, 6.45) is 9.79. The molecule has 1 fully saturated rings. The number of amides is 3. The van der Waals surface area contributed by atoms with Crippen LogP contribution in [-0.4, -0.2) is 107 Å². The lowest BCUT2D eigenvalue weighted by Crippen LogP contribution is -2.49. The second-order valence-electron chi connectivity index (χ2n) is 19.3. The van der Waals surface area contributed by atoms with Gasteiger partial charge in [-0.3, -0.25) is 43.1 Å². The maximum atomic E-state index is 13.9. The van der Waals surface area contributed by atoms with Crippen molar-refractivity contribution in [2.24, 2.45) is 37.8 Å². The first-order valence-electron chi connectivity index (χ1n) is 24.0. The molecule has 18 nitrogen and oxygen atoms in total. The number of hydrogen-bond acceptors (Lipinski definition) is 11. The summed E-state index contributed by atoms with van der Waals surface area (Å²) in [5.41, 5.74) is 12.2. The van der Waals surface area contributed by atoms with E-state index in [0.717, 1.165) is 22.1 Å². The molecule has 4 aromatic heterocycles. The van der Waals surface area contributed by atoms with Crippen LogP contribution < -0.4 is 21.1 Å². The number of hydrogen-bond donors (Lipinski definition) is 3. The number of ketones is 3. The van der Waals surface area contributed by atoms with Gasteiger partial charge < -0.3 is 39.7 Å². The van der Waals surface area contributed by atoms with Crippen LogP contribution in [-0.2, 0) is 54.8 Å². The monoisotopic (exact) mass is 976 g/mol. The zero-order valence-corrected chi connectivity index (χ0v) is 41.7. The molecule has 0 spiro atoms. The summed E-state index contributed by atoms with van der Waals surface area (Å²) in [6.45, 7) is 12.0. The molecule has 0 saturated carbocycles. The van der Waals surface area contributed by atoms with E-state index in [4.69, 9.17) is 10.5 Å². The van der Waals surface area contributed by atoms with Crippen molar-refractivity contribution in [1.82, 2.24) is 33.5 Å².